The SMILES string of the molecule is N#Cc1nc(C(F)F)ccc1[N+](=O)[O-]. The van der Waals surface area contributed by atoms with Crippen molar-refractivity contribution in [2.45, 2.75) is 6.43 Å². The molecule has 0 atom stereocenters. The smallest absolute Gasteiger partial charge is 0.258 e. The first-order chi connectivity index (χ1) is 6.56. The molecule has 14 heavy (non-hydrogen) atoms. The predicted molar refractivity (Wildman–Crippen MR) is 40.6 cm³/mol. The van der Waals surface area contributed by atoms with Crippen molar-refractivity contribution in [2.24, 2.45) is 0 Å². The Bertz CT molecular complexity index is 414. The number of alkyl halides is 2. The van der Waals surface area contributed by atoms with Gasteiger partial charge in [-0.3, -0.25) is 10.1 Å². The fourth-order valence-electron chi connectivity index (χ4n) is 0.818. The normalized spacial score (nSPS) is 9.86. The molecule has 1 heterocycles. The Morgan fingerprint density at radius 1 is 1.57 bits per heavy atom. The van der Waals surface area contributed by atoms with Crippen molar-refractivity contribution in [3.63, 3.8) is 0 Å². The molecule has 0 unspecified atom stereocenters. The molecule has 0 saturated heterocycles. The molecule has 0 radical (unpaired) electrons. The van der Waals surface area contributed by atoms with Crippen molar-refractivity contribution in [3.8, 4) is 6.07 Å². The summed E-state index contributed by atoms with van der Waals surface area (Å²) in [6.07, 6.45) is -2.84. The fraction of sp³-hybridized carbons (Fsp3) is 0.143. The van der Waals surface area contributed by atoms with Gasteiger partial charge in [0.25, 0.3) is 6.43 Å². The summed E-state index contributed by atoms with van der Waals surface area (Å²) in [4.78, 5) is 12.6. The monoisotopic (exact) mass is 199 g/mol. The largest absolute Gasteiger partial charge is 0.305 e. The average Bonchev–Trinajstić information content (AvgIpc) is 2.16. The molecule has 0 aliphatic heterocycles. The third kappa shape index (κ3) is 1.80. The van der Waals surface area contributed by atoms with E-state index in [1.807, 2.05) is 0 Å². The highest BCUT2D eigenvalue weighted by Gasteiger charge is 2.18. The third-order valence-electron chi connectivity index (χ3n) is 1.42. The summed E-state index contributed by atoms with van der Waals surface area (Å²) < 4.78 is 24.1. The van der Waals surface area contributed by atoms with Crippen molar-refractivity contribution < 1.29 is 13.7 Å². The Kier molecular flexibility index (Phi) is 2.67. The molecule has 72 valence electrons. The second-order valence-electron chi connectivity index (χ2n) is 2.27. The number of nitrogens with zero attached hydrogens (tertiary/aromatic N) is 3. The van der Waals surface area contributed by atoms with Crippen molar-refractivity contribution in [3.05, 3.63) is 33.6 Å². The molecule has 0 spiro atoms. The minimum Gasteiger partial charge on any atom is -0.258 e. The molecular weight excluding hydrogens is 196 g/mol. The van der Waals surface area contributed by atoms with Gasteiger partial charge in [0.05, 0.1) is 4.92 Å². The zero-order chi connectivity index (χ0) is 10.7. The van der Waals surface area contributed by atoms with E-state index in [2.05, 4.69) is 4.98 Å². The van der Waals surface area contributed by atoms with Crippen LogP contribution in [-0.2, 0) is 0 Å². The van der Waals surface area contributed by atoms with E-state index in [4.69, 9.17) is 5.26 Å². The maximum atomic E-state index is 12.1. The first kappa shape index (κ1) is 9.98. The lowest BCUT2D eigenvalue weighted by Gasteiger charge is -1.98. The fourth-order valence-corrected chi connectivity index (χ4v) is 0.818. The Morgan fingerprint density at radius 2 is 2.21 bits per heavy atom. The number of aromatic nitrogens is 1. The summed E-state index contributed by atoms with van der Waals surface area (Å²) in [7, 11) is 0. The summed E-state index contributed by atoms with van der Waals surface area (Å²) in [5.74, 6) is 0. The van der Waals surface area contributed by atoms with Gasteiger partial charge in [-0.25, -0.2) is 13.8 Å². The summed E-state index contributed by atoms with van der Waals surface area (Å²) in [6.45, 7) is 0. The van der Waals surface area contributed by atoms with Gasteiger partial charge in [0.1, 0.15) is 11.8 Å². The lowest BCUT2D eigenvalue weighted by Crippen LogP contribution is -1.98. The lowest BCUT2D eigenvalue weighted by molar-refractivity contribution is -0.385. The van der Waals surface area contributed by atoms with Crippen LogP contribution in [-0.4, -0.2) is 9.91 Å². The minimum absolute atomic E-state index is 0.572. The van der Waals surface area contributed by atoms with Crippen LogP contribution < -0.4 is 0 Å². The number of pyridine rings is 1. The maximum absolute atomic E-state index is 12.1. The summed E-state index contributed by atoms with van der Waals surface area (Å²) in [6, 6.07) is 3.05. The van der Waals surface area contributed by atoms with Crippen molar-refractivity contribution in [2.75, 3.05) is 0 Å². The van der Waals surface area contributed by atoms with Crippen LogP contribution in [0.4, 0.5) is 14.5 Å². The van der Waals surface area contributed by atoms with E-state index in [1.165, 1.54) is 6.07 Å². The van der Waals surface area contributed by atoms with Crippen LogP contribution in [0.3, 0.4) is 0 Å². The Morgan fingerprint density at radius 3 is 2.64 bits per heavy atom. The van der Waals surface area contributed by atoms with Crippen molar-refractivity contribution in [1.82, 2.24) is 4.98 Å². The molecule has 1 aromatic heterocycles. The molecule has 0 aliphatic carbocycles. The van der Waals surface area contributed by atoms with Crippen LogP contribution in [0.15, 0.2) is 12.1 Å². The summed E-state index contributed by atoms with van der Waals surface area (Å²) in [5, 5.41) is 18.7. The number of hydrogen-bond donors (Lipinski definition) is 0. The molecule has 0 amide bonds. The molecule has 0 bridgehead atoms. The van der Waals surface area contributed by atoms with Crippen molar-refractivity contribution >= 4 is 5.69 Å². The zero-order valence-electron chi connectivity index (χ0n) is 6.65. The molecule has 5 nitrogen and oxygen atoms in total. The zero-order valence-corrected chi connectivity index (χ0v) is 6.65. The van der Waals surface area contributed by atoms with Crippen LogP contribution in [0, 0.1) is 21.4 Å². The van der Waals surface area contributed by atoms with Gasteiger partial charge in [0, 0.05) is 6.07 Å². The van der Waals surface area contributed by atoms with Gasteiger partial charge in [-0.15, -0.1) is 0 Å². The van der Waals surface area contributed by atoms with Crippen LogP contribution in [0.25, 0.3) is 0 Å². The topological polar surface area (TPSA) is 79.8 Å². The highest BCUT2D eigenvalue weighted by Crippen LogP contribution is 2.21. The number of hydrogen-bond acceptors (Lipinski definition) is 4. The molecule has 0 aliphatic rings. The van der Waals surface area contributed by atoms with E-state index in [9.17, 15) is 18.9 Å². The molecule has 1 aromatic rings. The molecule has 7 heteroatoms. The first-order valence-corrected chi connectivity index (χ1v) is 3.40. The molecular formula is C7H3F2N3O2. The quantitative estimate of drug-likeness (QED) is 0.537. The standard InChI is InChI=1S/C7H3F2N3O2/c8-7(9)4-1-2-6(12(13)14)5(3-10)11-4/h1-2,7H. The van der Waals surface area contributed by atoms with Gasteiger partial charge in [-0.05, 0) is 6.07 Å². The van der Waals surface area contributed by atoms with E-state index < -0.39 is 28.4 Å². The highest BCUT2D eigenvalue weighted by molar-refractivity contribution is 5.44. The Hall–Kier alpha value is -2.10. The van der Waals surface area contributed by atoms with Crippen molar-refractivity contribution in [1.29, 1.82) is 5.26 Å². The van der Waals surface area contributed by atoms with Crippen LogP contribution in [0.5, 0.6) is 0 Å². The van der Waals surface area contributed by atoms with Crippen LogP contribution in [0.2, 0.25) is 0 Å². The van der Waals surface area contributed by atoms with Gasteiger partial charge in [0.2, 0.25) is 5.69 Å². The van der Waals surface area contributed by atoms with Crippen LogP contribution in [0.1, 0.15) is 17.8 Å². The summed E-state index contributed by atoms with van der Waals surface area (Å²) >= 11 is 0. The molecule has 0 saturated carbocycles. The Balaban J connectivity index is 3.27. The second kappa shape index (κ2) is 3.74. The predicted octanol–water partition coefficient (Wildman–Crippen LogP) is 1.80. The number of nitriles is 1. The van der Waals surface area contributed by atoms with E-state index in [0.717, 1.165) is 12.1 Å². The van der Waals surface area contributed by atoms with E-state index in [-0.39, 0.29) is 0 Å². The van der Waals surface area contributed by atoms with Crippen LogP contribution >= 0.6 is 0 Å². The van der Waals surface area contributed by atoms with Gasteiger partial charge in [-0.1, -0.05) is 0 Å². The molecule has 1 rings (SSSR count). The average molecular weight is 199 g/mol. The number of nitro groups is 1. The molecule has 0 aromatic carbocycles. The summed E-state index contributed by atoms with van der Waals surface area (Å²) in [5.41, 5.74) is -1.82. The Labute approximate surface area is 76.8 Å². The third-order valence-corrected chi connectivity index (χ3v) is 1.42. The van der Waals surface area contributed by atoms with Gasteiger partial charge < -0.3 is 0 Å². The van der Waals surface area contributed by atoms with E-state index >= 15 is 0 Å². The lowest BCUT2D eigenvalue weighted by atomic mass is 10.2. The van der Waals surface area contributed by atoms with Gasteiger partial charge in [0.15, 0.2) is 0 Å². The van der Waals surface area contributed by atoms with Gasteiger partial charge in [-0.2, -0.15) is 5.26 Å². The molecule has 0 N–H and O–H groups in total. The van der Waals surface area contributed by atoms with E-state index in [0.29, 0.717) is 0 Å². The highest BCUT2D eigenvalue weighted by atomic mass is 19.3. The van der Waals surface area contributed by atoms with E-state index in [1.54, 1.807) is 0 Å². The minimum atomic E-state index is -2.84. The molecule has 0 fully saturated rings. The maximum Gasteiger partial charge on any atom is 0.305 e. The number of rotatable bonds is 2. The second-order valence-corrected chi connectivity index (χ2v) is 2.27. The number of halogens is 2. The van der Waals surface area contributed by atoms with Gasteiger partial charge >= 0.3 is 5.69 Å². The first-order valence-electron chi connectivity index (χ1n) is 3.40.